The number of hydrogen-bond acceptors (Lipinski definition) is 5. The maximum absolute atomic E-state index is 10.7. The third kappa shape index (κ3) is 3.96. The van der Waals surface area contributed by atoms with Crippen molar-refractivity contribution in [3.05, 3.63) is 56.4 Å². The van der Waals surface area contributed by atoms with Gasteiger partial charge in [-0.1, -0.05) is 48.8 Å². The second kappa shape index (κ2) is 7.56. The Kier molecular flexibility index (Phi) is 5.74. The van der Waals surface area contributed by atoms with E-state index < -0.39 is 4.92 Å². The zero-order chi connectivity index (χ0) is 16.1. The maximum atomic E-state index is 10.7. The first-order valence-corrected chi connectivity index (χ1v) is 8.48. The highest BCUT2D eigenvalue weighted by atomic mass is 35.5. The number of aromatic nitrogens is 2. The van der Waals surface area contributed by atoms with Gasteiger partial charge in [-0.05, 0) is 18.2 Å². The van der Waals surface area contributed by atoms with Gasteiger partial charge in [0.05, 0.1) is 10.6 Å². The minimum atomic E-state index is -0.407. The number of non-ortho nitro benzene ring substituents is 1. The summed E-state index contributed by atoms with van der Waals surface area (Å²) in [4.78, 5) is 19.1. The van der Waals surface area contributed by atoms with Crippen molar-refractivity contribution in [2.75, 3.05) is 6.26 Å². The first-order chi connectivity index (χ1) is 10.5. The lowest BCUT2D eigenvalue weighted by Crippen LogP contribution is -2.04. The summed E-state index contributed by atoms with van der Waals surface area (Å²) in [5.41, 5.74) is 2.88. The van der Waals surface area contributed by atoms with E-state index in [1.807, 2.05) is 6.26 Å². The van der Waals surface area contributed by atoms with Gasteiger partial charge in [0, 0.05) is 24.1 Å². The molecule has 1 aromatic carbocycles. The average Bonchev–Trinajstić information content (AvgIpc) is 2.51. The molecule has 5 nitrogen and oxygen atoms in total. The molecule has 0 aliphatic carbocycles. The molecule has 0 aliphatic heterocycles. The number of halogens is 1. The molecule has 1 aromatic heterocycles. The predicted molar refractivity (Wildman–Crippen MR) is 88.7 cm³/mol. The van der Waals surface area contributed by atoms with Crippen LogP contribution in [-0.4, -0.2) is 21.1 Å². The van der Waals surface area contributed by atoms with Crippen molar-refractivity contribution in [2.24, 2.45) is 0 Å². The summed E-state index contributed by atoms with van der Waals surface area (Å²) in [5.74, 6) is 0. The maximum Gasteiger partial charge on any atom is 0.269 e. The van der Waals surface area contributed by atoms with Crippen LogP contribution < -0.4 is 0 Å². The van der Waals surface area contributed by atoms with E-state index in [1.165, 1.54) is 23.9 Å². The van der Waals surface area contributed by atoms with Crippen LogP contribution in [0.4, 0.5) is 5.69 Å². The fourth-order valence-electron chi connectivity index (χ4n) is 2.13. The predicted octanol–water partition coefficient (Wildman–Crippen LogP) is 4.30. The van der Waals surface area contributed by atoms with Crippen molar-refractivity contribution >= 4 is 29.1 Å². The summed E-state index contributed by atoms with van der Waals surface area (Å²) in [7, 11) is 0. The Labute approximate surface area is 138 Å². The summed E-state index contributed by atoms with van der Waals surface area (Å²) < 4.78 is 0. The number of nitrogens with zero attached hydrogens (tertiary/aromatic N) is 3. The highest BCUT2D eigenvalue weighted by molar-refractivity contribution is 7.98. The van der Waals surface area contributed by atoms with Crippen molar-refractivity contribution in [3.63, 3.8) is 0 Å². The van der Waals surface area contributed by atoms with Gasteiger partial charge in [-0.2, -0.15) is 0 Å². The van der Waals surface area contributed by atoms with Crippen molar-refractivity contribution < 1.29 is 4.92 Å². The van der Waals surface area contributed by atoms with E-state index >= 15 is 0 Å². The van der Waals surface area contributed by atoms with Gasteiger partial charge in [0.25, 0.3) is 5.69 Å². The zero-order valence-corrected chi connectivity index (χ0v) is 13.9. The minimum absolute atomic E-state index is 0.0811. The Morgan fingerprint density at radius 1 is 1.27 bits per heavy atom. The summed E-state index contributed by atoms with van der Waals surface area (Å²) >= 11 is 7.77. The molecule has 2 aromatic rings. The minimum Gasteiger partial charge on any atom is -0.258 e. The van der Waals surface area contributed by atoms with Crippen LogP contribution in [0.3, 0.4) is 0 Å². The Morgan fingerprint density at radius 3 is 2.50 bits per heavy atom. The summed E-state index contributed by atoms with van der Waals surface area (Å²) in [6, 6.07) is 6.49. The van der Waals surface area contributed by atoms with Crippen LogP contribution in [0.25, 0.3) is 0 Å². The topological polar surface area (TPSA) is 68.9 Å². The molecule has 0 unspecified atom stereocenters. The molecule has 7 heteroatoms. The van der Waals surface area contributed by atoms with E-state index in [2.05, 4.69) is 16.9 Å². The van der Waals surface area contributed by atoms with E-state index in [9.17, 15) is 10.1 Å². The van der Waals surface area contributed by atoms with Crippen LogP contribution in [-0.2, 0) is 12.8 Å². The number of nitro groups is 1. The molecule has 0 fully saturated rings. The molecular formula is C15H16ClN3O2S. The number of rotatable bonds is 6. The van der Waals surface area contributed by atoms with Crippen molar-refractivity contribution in [3.8, 4) is 0 Å². The fourth-order valence-corrected chi connectivity index (χ4v) is 2.82. The van der Waals surface area contributed by atoms with Crippen LogP contribution in [0.15, 0.2) is 29.4 Å². The van der Waals surface area contributed by atoms with E-state index in [0.717, 1.165) is 29.7 Å². The van der Waals surface area contributed by atoms with Gasteiger partial charge in [0.1, 0.15) is 5.15 Å². The third-order valence-electron chi connectivity index (χ3n) is 3.22. The molecule has 0 radical (unpaired) electrons. The number of hydrogen-bond donors (Lipinski definition) is 0. The molecule has 0 atom stereocenters. The molecule has 2 rings (SSSR count). The molecule has 1 heterocycles. The average molecular weight is 338 g/mol. The van der Waals surface area contributed by atoms with E-state index in [0.29, 0.717) is 16.7 Å². The summed E-state index contributed by atoms with van der Waals surface area (Å²) in [6.07, 6.45) is 4.28. The third-order valence-corrected chi connectivity index (χ3v) is 4.08. The molecule has 22 heavy (non-hydrogen) atoms. The summed E-state index contributed by atoms with van der Waals surface area (Å²) in [6.45, 7) is 2.09. The normalized spacial score (nSPS) is 10.7. The van der Waals surface area contributed by atoms with E-state index in [4.69, 9.17) is 11.6 Å². The SMILES string of the molecule is CCCc1nc(SC)nc(Cl)c1Cc1ccc([N+](=O)[O-])cc1. The molecule has 0 bridgehead atoms. The van der Waals surface area contributed by atoms with Gasteiger partial charge in [0.2, 0.25) is 0 Å². The van der Waals surface area contributed by atoms with Crippen molar-refractivity contribution in [1.29, 1.82) is 0 Å². The first-order valence-electron chi connectivity index (χ1n) is 6.87. The largest absolute Gasteiger partial charge is 0.269 e. The van der Waals surface area contributed by atoms with E-state index in [1.54, 1.807) is 12.1 Å². The number of benzene rings is 1. The summed E-state index contributed by atoms with van der Waals surface area (Å²) in [5, 5.41) is 11.8. The smallest absolute Gasteiger partial charge is 0.258 e. The quantitative estimate of drug-likeness (QED) is 0.258. The molecule has 0 N–H and O–H groups in total. The monoisotopic (exact) mass is 337 g/mol. The number of thioether (sulfide) groups is 1. The Balaban J connectivity index is 2.33. The fraction of sp³-hybridized carbons (Fsp3) is 0.333. The lowest BCUT2D eigenvalue weighted by Gasteiger charge is -2.11. The van der Waals surface area contributed by atoms with Gasteiger partial charge in [-0.15, -0.1) is 0 Å². The lowest BCUT2D eigenvalue weighted by molar-refractivity contribution is -0.384. The first kappa shape index (κ1) is 16.7. The Hall–Kier alpha value is -1.66. The second-order valence-corrected chi connectivity index (χ2v) is 5.91. The van der Waals surface area contributed by atoms with Gasteiger partial charge in [0.15, 0.2) is 5.16 Å². The molecule has 0 spiro atoms. The standard InChI is InChI=1S/C15H16ClN3O2S/c1-3-4-13-12(14(16)18-15(17-13)22-2)9-10-5-7-11(8-6-10)19(20)21/h5-8H,3-4,9H2,1-2H3. The highest BCUT2D eigenvalue weighted by Gasteiger charge is 2.14. The number of aryl methyl sites for hydroxylation is 1. The van der Waals surface area contributed by atoms with Gasteiger partial charge < -0.3 is 0 Å². The molecule has 0 aliphatic rings. The number of nitro benzene ring substituents is 1. The van der Waals surface area contributed by atoms with Crippen LogP contribution >= 0.6 is 23.4 Å². The van der Waals surface area contributed by atoms with Gasteiger partial charge in [-0.3, -0.25) is 10.1 Å². The highest BCUT2D eigenvalue weighted by Crippen LogP contribution is 2.25. The lowest BCUT2D eigenvalue weighted by atomic mass is 10.0. The second-order valence-electron chi connectivity index (χ2n) is 4.78. The van der Waals surface area contributed by atoms with Crippen LogP contribution in [0.1, 0.15) is 30.2 Å². The Morgan fingerprint density at radius 2 is 1.95 bits per heavy atom. The van der Waals surface area contributed by atoms with Gasteiger partial charge >= 0.3 is 0 Å². The van der Waals surface area contributed by atoms with Gasteiger partial charge in [-0.25, -0.2) is 9.97 Å². The van der Waals surface area contributed by atoms with E-state index in [-0.39, 0.29) is 5.69 Å². The molecule has 0 saturated heterocycles. The van der Waals surface area contributed by atoms with Crippen LogP contribution in [0.5, 0.6) is 0 Å². The van der Waals surface area contributed by atoms with Crippen LogP contribution in [0, 0.1) is 10.1 Å². The molecular weight excluding hydrogens is 322 g/mol. The molecule has 116 valence electrons. The molecule has 0 amide bonds. The molecule has 0 saturated carbocycles. The van der Waals surface area contributed by atoms with Crippen molar-refractivity contribution in [1.82, 2.24) is 9.97 Å². The Bertz CT molecular complexity index is 677. The van der Waals surface area contributed by atoms with Crippen LogP contribution in [0.2, 0.25) is 5.15 Å². The zero-order valence-electron chi connectivity index (χ0n) is 12.4. The van der Waals surface area contributed by atoms with Crippen molar-refractivity contribution in [2.45, 2.75) is 31.3 Å².